The molecule has 0 radical (unpaired) electrons. The normalized spacial score (nSPS) is 20.3. The molecule has 2 aromatic carbocycles. The maximum absolute atomic E-state index is 2.82. The molecule has 3 heteroatoms. The van der Waals surface area contributed by atoms with E-state index in [1.165, 1.54) is 12.1 Å². The molecule has 0 N–H and O–H groups in total. The second kappa shape index (κ2) is 11.5. The quantitative estimate of drug-likeness (QED) is 0.250. The molecule has 2 aliphatic carbocycles. The Morgan fingerprint density at radius 3 is 1.18 bits per heavy atom. The third-order valence-corrected chi connectivity index (χ3v) is 23.6. The first-order chi connectivity index (χ1) is 18.4. The average Bonchev–Trinajstić information content (AvgIpc) is 3.59. The second-order valence-electron chi connectivity index (χ2n) is 13.7. The molecule has 0 bridgehead atoms. The maximum atomic E-state index is 2.82. The monoisotopic (exact) mass is 568 g/mol. The lowest BCUT2D eigenvalue weighted by Gasteiger charge is -2.44. The van der Waals surface area contributed by atoms with E-state index in [1.807, 2.05) is 0 Å². The van der Waals surface area contributed by atoms with Gasteiger partial charge in [-0.1, -0.05) is 197 Å². The van der Waals surface area contributed by atoms with Crippen molar-refractivity contribution in [2.24, 2.45) is 11.8 Å². The molecule has 2 aliphatic rings. The van der Waals surface area contributed by atoms with E-state index < -0.39 is 24.2 Å². The van der Waals surface area contributed by atoms with Gasteiger partial charge in [-0.05, 0) is 22.9 Å². The van der Waals surface area contributed by atoms with E-state index in [4.69, 9.17) is 0 Å². The van der Waals surface area contributed by atoms with Crippen molar-refractivity contribution in [2.45, 2.75) is 90.9 Å². The summed E-state index contributed by atoms with van der Waals surface area (Å²) in [5.74, 6) is 1.17. The van der Waals surface area contributed by atoms with Gasteiger partial charge in [0.2, 0.25) is 0 Å². The first-order valence-electron chi connectivity index (χ1n) is 15.4. The highest BCUT2D eigenvalue weighted by Crippen LogP contribution is 2.56. The molecule has 2 atom stereocenters. The average molecular weight is 569 g/mol. The molecule has 208 valence electrons. The predicted octanol–water partition coefficient (Wildman–Crippen LogP) is 9.57. The lowest BCUT2D eigenvalue weighted by molar-refractivity contribution is 0.718. The van der Waals surface area contributed by atoms with Crippen molar-refractivity contribution in [2.75, 3.05) is 0 Å². The van der Waals surface area contributed by atoms with Gasteiger partial charge in [-0.2, -0.15) is 0 Å². The van der Waals surface area contributed by atoms with Crippen molar-refractivity contribution in [3.63, 3.8) is 0 Å². The Morgan fingerprint density at radius 2 is 0.897 bits per heavy atom. The summed E-state index contributed by atoms with van der Waals surface area (Å²) in [7, 11) is -5.34. The van der Waals surface area contributed by atoms with Gasteiger partial charge in [0.25, 0.3) is 0 Å². The van der Waals surface area contributed by atoms with Gasteiger partial charge in [-0.3, -0.25) is 0 Å². The van der Waals surface area contributed by atoms with Crippen LogP contribution in [0.15, 0.2) is 107 Å². The van der Waals surface area contributed by atoms with Gasteiger partial charge < -0.3 is 0 Å². The first kappa shape index (κ1) is 30.0. The van der Waals surface area contributed by atoms with Crippen LogP contribution < -0.4 is 10.4 Å². The summed E-state index contributed by atoms with van der Waals surface area (Å²) in [6.07, 6.45) is 11.0. The van der Waals surface area contributed by atoms with Gasteiger partial charge in [0.1, 0.15) is 16.1 Å². The molecule has 2 unspecified atom stereocenters. The Bertz CT molecular complexity index is 1170. The van der Waals surface area contributed by atoms with Gasteiger partial charge in [0, 0.05) is 0 Å². The molecule has 0 aromatic heterocycles. The van der Waals surface area contributed by atoms with Gasteiger partial charge in [-0.25, -0.2) is 0 Å². The Labute approximate surface area is 243 Å². The van der Waals surface area contributed by atoms with Crippen molar-refractivity contribution < 1.29 is 0 Å². The Kier molecular flexibility index (Phi) is 8.85. The molecule has 4 rings (SSSR count). The second-order valence-corrected chi connectivity index (χ2v) is 27.7. The fourth-order valence-electron chi connectivity index (χ4n) is 7.38. The van der Waals surface area contributed by atoms with Crippen molar-refractivity contribution in [3.8, 4) is 0 Å². The number of rotatable bonds is 10. The van der Waals surface area contributed by atoms with Gasteiger partial charge in [0.05, 0.1) is 8.07 Å². The largest absolute Gasteiger partial charge is 0.111 e. The van der Waals surface area contributed by atoms with Crippen LogP contribution in [-0.2, 0) is 0 Å². The van der Waals surface area contributed by atoms with Crippen LogP contribution in [0, 0.1) is 11.8 Å². The van der Waals surface area contributed by atoms with E-state index in [1.54, 1.807) is 31.9 Å². The molecular weight excluding hydrogens is 517 g/mol. The smallest absolute Gasteiger partial charge is 0.0803 e. The summed E-state index contributed by atoms with van der Waals surface area (Å²) >= 11 is 0. The Morgan fingerprint density at radius 1 is 0.564 bits per heavy atom. The Hall–Kier alpha value is -1.95. The van der Waals surface area contributed by atoms with Gasteiger partial charge >= 0.3 is 0 Å². The summed E-state index contributed by atoms with van der Waals surface area (Å²) in [5.41, 5.74) is 4.70. The van der Waals surface area contributed by atoms with E-state index in [0.717, 1.165) is 0 Å². The van der Waals surface area contributed by atoms with Crippen LogP contribution in [0.5, 0.6) is 0 Å². The zero-order valence-corrected chi connectivity index (χ0v) is 29.3. The minimum absolute atomic E-state index is 0.584. The van der Waals surface area contributed by atoms with E-state index in [0.29, 0.717) is 22.9 Å². The summed E-state index contributed by atoms with van der Waals surface area (Å²) in [6.45, 7) is 25.1. The molecule has 0 nitrogen and oxygen atoms in total. The molecule has 0 saturated carbocycles. The van der Waals surface area contributed by atoms with E-state index in [2.05, 4.69) is 153 Å². The van der Waals surface area contributed by atoms with Crippen LogP contribution in [0.3, 0.4) is 0 Å². The lowest BCUT2D eigenvalue weighted by Crippen LogP contribution is -2.45. The molecule has 2 aromatic rings. The number of benzene rings is 2. The van der Waals surface area contributed by atoms with E-state index in [9.17, 15) is 0 Å². The summed E-state index contributed by atoms with van der Waals surface area (Å²) in [4.78, 5) is 0. The third kappa shape index (κ3) is 5.39. The van der Waals surface area contributed by atoms with Crippen molar-refractivity contribution in [3.05, 3.63) is 107 Å². The predicted molar refractivity (Wildman–Crippen MR) is 183 cm³/mol. The van der Waals surface area contributed by atoms with Crippen LogP contribution in [0.25, 0.3) is 0 Å². The highest BCUT2D eigenvalue weighted by Gasteiger charge is 2.50. The highest BCUT2D eigenvalue weighted by atomic mass is 28.3. The molecule has 0 amide bonds. The summed E-state index contributed by atoms with van der Waals surface area (Å²) in [6, 6.07) is 25.4. The molecular formula is C36H52Si3. The standard InChI is InChI=1S/C36H52Si3/c1-11-39(12-2,35-25-31(23-33(35)27(3)4)37(7,8)29-19-15-13-16-20-29)36-26-32(24-34(36)28(5)6)38(9,10)30-21-17-14-18-22-30/h13-28,35-36H,11-12H2,1-10H3. The number of hydrogen-bond acceptors (Lipinski definition) is 0. The lowest BCUT2D eigenvalue weighted by atomic mass is 10.0. The molecule has 0 spiro atoms. The van der Waals surface area contributed by atoms with E-state index >= 15 is 0 Å². The van der Waals surface area contributed by atoms with Crippen molar-refractivity contribution in [1.29, 1.82) is 0 Å². The van der Waals surface area contributed by atoms with Crippen molar-refractivity contribution >= 4 is 34.6 Å². The molecule has 39 heavy (non-hydrogen) atoms. The maximum Gasteiger partial charge on any atom is 0.111 e. The van der Waals surface area contributed by atoms with Crippen LogP contribution in [0.2, 0.25) is 49.4 Å². The molecule has 0 fully saturated rings. The first-order valence-corrected chi connectivity index (χ1v) is 24.0. The Balaban J connectivity index is 1.85. The van der Waals surface area contributed by atoms with Crippen molar-refractivity contribution in [1.82, 2.24) is 0 Å². The zero-order chi connectivity index (χ0) is 28.6. The van der Waals surface area contributed by atoms with Crippen LogP contribution in [-0.4, -0.2) is 24.2 Å². The topological polar surface area (TPSA) is 0 Å². The molecule has 0 saturated heterocycles. The third-order valence-electron chi connectivity index (χ3n) is 10.4. The van der Waals surface area contributed by atoms with Crippen LogP contribution >= 0.6 is 0 Å². The zero-order valence-electron chi connectivity index (χ0n) is 26.3. The number of hydrogen-bond donors (Lipinski definition) is 0. The van der Waals surface area contributed by atoms with E-state index in [-0.39, 0.29) is 0 Å². The van der Waals surface area contributed by atoms with Gasteiger partial charge in [0.15, 0.2) is 0 Å². The summed E-state index contributed by atoms with van der Waals surface area (Å²) in [5, 5.41) is 6.44. The minimum Gasteiger partial charge on any atom is -0.0803 e. The molecule has 0 heterocycles. The number of allylic oxidation sites excluding steroid dienone is 8. The minimum atomic E-state index is -1.82. The SMILES string of the molecule is CC[Si](CC)(C1C=C([Si](C)(C)c2ccccc2)C=C1C(C)C)C1C=C([Si](C)(C)c2ccccc2)C=C1C(C)C. The van der Waals surface area contributed by atoms with Gasteiger partial charge in [-0.15, -0.1) is 0 Å². The fraction of sp³-hybridized carbons (Fsp3) is 0.444. The van der Waals surface area contributed by atoms with Crippen LogP contribution in [0.1, 0.15) is 41.5 Å². The van der Waals surface area contributed by atoms with Crippen LogP contribution in [0.4, 0.5) is 0 Å². The molecule has 0 aliphatic heterocycles. The fourth-order valence-corrected chi connectivity index (χ4v) is 18.5. The highest BCUT2D eigenvalue weighted by molar-refractivity contribution is 6.97. The summed E-state index contributed by atoms with van der Waals surface area (Å²) < 4.78 is 0.